The molecule has 3 aromatic rings. The molecule has 0 spiro atoms. The molecule has 0 aliphatic rings. The second-order valence-corrected chi connectivity index (χ2v) is 6.04. The number of carbonyl (C=O) groups is 2. The highest BCUT2D eigenvalue weighted by molar-refractivity contribution is 6.39. The Morgan fingerprint density at radius 1 is 1.04 bits per heavy atom. The molecule has 0 fully saturated rings. The van der Waals surface area contributed by atoms with Crippen molar-refractivity contribution in [3.63, 3.8) is 0 Å². The SMILES string of the molecule is O=C(O)CN(C(=O)c1ccc2c(Cl)cnc(Cl)c2c1)c1ccccc1. The van der Waals surface area contributed by atoms with Crippen molar-refractivity contribution in [2.45, 2.75) is 0 Å². The molecule has 0 aliphatic carbocycles. The van der Waals surface area contributed by atoms with Gasteiger partial charge in [0.25, 0.3) is 5.91 Å². The van der Waals surface area contributed by atoms with Gasteiger partial charge in [-0.2, -0.15) is 0 Å². The van der Waals surface area contributed by atoms with E-state index in [1.165, 1.54) is 11.1 Å². The van der Waals surface area contributed by atoms with Crippen LogP contribution in [0.1, 0.15) is 10.4 Å². The van der Waals surface area contributed by atoms with Gasteiger partial charge >= 0.3 is 5.97 Å². The van der Waals surface area contributed by atoms with Crippen molar-refractivity contribution in [2.75, 3.05) is 11.4 Å². The number of aliphatic carboxylic acids is 1. The second-order valence-electron chi connectivity index (χ2n) is 5.28. The Morgan fingerprint density at radius 2 is 1.76 bits per heavy atom. The topological polar surface area (TPSA) is 70.5 Å². The number of rotatable bonds is 4. The first-order valence-electron chi connectivity index (χ1n) is 7.30. The van der Waals surface area contributed by atoms with E-state index in [0.29, 0.717) is 27.0 Å². The van der Waals surface area contributed by atoms with Gasteiger partial charge < -0.3 is 5.11 Å². The number of benzene rings is 2. The number of amides is 1. The van der Waals surface area contributed by atoms with E-state index in [1.54, 1.807) is 48.5 Å². The van der Waals surface area contributed by atoms with Gasteiger partial charge in [0.1, 0.15) is 11.7 Å². The highest BCUT2D eigenvalue weighted by atomic mass is 35.5. The van der Waals surface area contributed by atoms with Crippen LogP contribution in [0.3, 0.4) is 0 Å². The van der Waals surface area contributed by atoms with Crippen molar-refractivity contribution in [1.29, 1.82) is 0 Å². The third kappa shape index (κ3) is 3.57. The number of halogens is 2. The maximum atomic E-state index is 12.9. The van der Waals surface area contributed by atoms with E-state index in [2.05, 4.69) is 4.98 Å². The maximum absolute atomic E-state index is 12.9. The Hall–Kier alpha value is -2.63. The first-order chi connectivity index (χ1) is 12.0. The Kier molecular flexibility index (Phi) is 4.88. The van der Waals surface area contributed by atoms with Crippen molar-refractivity contribution in [3.8, 4) is 0 Å². The summed E-state index contributed by atoms with van der Waals surface area (Å²) in [5.41, 5.74) is 0.786. The van der Waals surface area contributed by atoms with Gasteiger partial charge in [0.15, 0.2) is 0 Å². The molecule has 7 heteroatoms. The van der Waals surface area contributed by atoms with Crippen molar-refractivity contribution >= 4 is 51.5 Å². The first-order valence-corrected chi connectivity index (χ1v) is 8.05. The van der Waals surface area contributed by atoms with E-state index in [0.717, 1.165) is 0 Å². The summed E-state index contributed by atoms with van der Waals surface area (Å²) in [6, 6.07) is 13.4. The first kappa shape index (κ1) is 17.2. The lowest BCUT2D eigenvalue weighted by atomic mass is 10.1. The Morgan fingerprint density at radius 3 is 2.44 bits per heavy atom. The van der Waals surface area contributed by atoms with Crippen LogP contribution < -0.4 is 4.90 Å². The fourth-order valence-corrected chi connectivity index (χ4v) is 2.91. The van der Waals surface area contributed by atoms with Crippen molar-refractivity contribution < 1.29 is 14.7 Å². The van der Waals surface area contributed by atoms with Crippen molar-refractivity contribution in [3.05, 3.63) is 70.5 Å². The van der Waals surface area contributed by atoms with Crippen LogP contribution in [0.2, 0.25) is 10.2 Å². The molecule has 25 heavy (non-hydrogen) atoms. The minimum Gasteiger partial charge on any atom is -0.480 e. The Balaban J connectivity index is 2.07. The number of aromatic nitrogens is 1. The van der Waals surface area contributed by atoms with Crippen molar-refractivity contribution in [2.24, 2.45) is 0 Å². The van der Waals surface area contributed by atoms with E-state index in [4.69, 9.17) is 28.3 Å². The fourth-order valence-electron chi connectivity index (χ4n) is 2.49. The lowest BCUT2D eigenvalue weighted by Crippen LogP contribution is -2.35. The predicted molar refractivity (Wildman–Crippen MR) is 97.5 cm³/mol. The molecule has 0 bridgehead atoms. The minimum atomic E-state index is -1.11. The number of nitrogens with zero attached hydrogens (tertiary/aromatic N) is 2. The summed E-state index contributed by atoms with van der Waals surface area (Å²) in [4.78, 5) is 29.2. The predicted octanol–water partition coefficient (Wildman–Crippen LogP) is 4.27. The number of hydrogen-bond acceptors (Lipinski definition) is 3. The number of carboxylic acid groups (broad SMARTS) is 1. The number of carbonyl (C=O) groups excluding carboxylic acids is 1. The van der Waals surface area contributed by atoms with E-state index < -0.39 is 18.4 Å². The average Bonchev–Trinajstić information content (AvgIpc) is 2.62. The molecule has 0 radical (unpaired) electrons. The second kappa shape index (κ2) is 7.09. The van der Waals surface area contributed by atoms with Crippen molar-refractivity contribution in [1.82, 2.24) is 4.98 Å². The molecule has 1 heterocycles. The molecule has 2 aromatic carbocycles. The molecule has 3 rings (SSSR count). The van der Waals surface area contributed by atoms with Crippen LogP contribution in [0.25, 0.3) is 10.8 Å². The zero-order valence-electron chi connectivity index (χ0n) is 12.8. The summed E-state index contributed by atoms with van der Waals surface area (Å²) in [6.07, 6.45) is 1.44. The van der Waals surface area contributed by atoms with Crippen LogP contribution in [0.4, 0.5) is 5.69 Å². The molecule has 0 saturated heterocycles. The number of hydrogen-bond donors (Lipinski definition) is 1. The van der Waals surface area contributed by atoms with Gasteiger partial charge in [-0.15, -0.1) is 0 Å². The third-order valence-corrected chi connectivity index (χ3v) is 4.25. The molecule has 126 valence electrons. The third-order valence-electron chi connectivity index (χ3n) is 3.64. The molecule has 0 atom stereocenters. The molecular formula is C18H12Cl2N2O3. The van der Waals surface area contributed by atoms with Gasteiger partial charge in [0.2, 0.25) is 0 Å². The van der Waals surface area contributed by atoms with Crippen LogP contribution >= 0.6 is 23.2 Å². The molecule has 1 amide bonds. The molecule has 1 N–H and O–H groups in total. The average molecular weight is 375 g/mol. The number of carboxylic acids is 1. The lowest BCUT2D eigenvalue weighted by Gasteiger charge is -2.21. The number of fused-ring (bicyclic) bond motifs is 1. The van der Waals surface area contributed by atoms with Gasteiger partial charge in [0, 0.05) is 28.2 Å². The largest absolute Gasteiger partial charge is 0.480 e. The van der Waals surface area contributed by atoms with Gasteiger partial charge in [-0.1, -0.05) is 47.5 Å². The molecule has 5 nitrogen and oxygen atoms in total. The Bertz CT molecular complexity index is 961. The van der Waals surface area contributed by atoms with E-state index in [1.807, 2.05) is 0 Å². The van der Waals surface area contributed by atoms with Crippen LogP contribution in [0.15, 0.2) is 54.7 Å². The summed E-state index contributed by atoms with van der Waals surface area (Å²) in [5.74, 6) is -1.56. The highest BCUT2D eigenvalue weighted by Gasteiger charge is 2.21. The number of anilines is 1. The van der Waals surface area contributed by atoms with Gasteiger partial charge in [-0.25, -0.2) is 4.98 Å². The standard InChI is InChI=1S/C18H12Cl2N2O3/c19-15-9-21-17(20)14-8-11(6-7-13(14)15)18(25)22(10-16(23)24)12-4-2-1-3-5-12/h1-9H,10H2,(H,23,24). The van der Waals surface area contributed by atoms with Crippen LogP contribution in [-0.4, -0.2) is 28.5 Å². The molecule has 1 aromatic heterocycles. The monoisotopic (exact) mass is 374 g/mol. The Labute approximate surface area is 153 Å². The zero-order valence-corrected chi connectivity index (χ0v) is 14.3. The van der Waals surface area contributed by atoms with E-state index in [-0.39, 0.29) is 5.15 Å². The molecule has 0 aliphatic heterocycles. The fraction of sp³-hybridized carbons (Fsp3) is 0.0556. The van der Waals surface area contributed by atoms with Gasteiger partial charge in [0.05, 0.1) is 5.02 Å². The lowest BCUT2D eigenvalue weighted by molar-refractivity contribution is -0.135. The summed E-state index contributed by atoms with van der Waals surface area (Å²) in [5, 5.41) is 11.0. The number of pyridine rings is 1. The quantitative estimate of drug-likeness (QED) is 0.692. The highest BCUT2D eigenvalue weighted by Crippen LogP contribution is 2.29. The summed E-state index contributed by atoms with van der Waals surface area (Å²) in [6.45, 7) is -0.456. The van der Waals surface area contributed by atoms with Gasteiger partial charge in [-0.05, 0) is 24.3 Å². The smallest absolute Gasteiger partial charge is 0.323 e. The zero-order chi connectivity index (χ0) is 18.0. The van der Waals surface area contributed by atoms with E-state index >= 15 is 0 Å². The van der Waals surface area contributed by atoms with Crippen LogP contribution in [-0.2, 0) is 4.79 Å². The minimum absolute atomic E-state index is 0.221. The molecular weight excluding hydrogens is 363 g/mol. The van der Waals surface area contributed by atoms with Crippen LogP contribution in [0.5, 0.6) is 0 Å². The maximum Gasteiger partial charge on any atom is 0.323 e. The van der Waals surface area contributed by atoms with E-state index in [9.17, 15) is 9.59 Å². The summed E-state index contributed by atoms with van der Waals surface area (Å²) >= 11 is 12.2. The summed E-state index contributed by atoms with van der Waals surface area (Å²) < 4.78 is 0. The normalized spacial score (nSPS) is 10.6. The van der Waals surface area contributed by atoms with Crippen LogP contribution in [0, 0.1) is 0 Å². The van der Waals surface area contributed by atoms with Gasteiger partial charge in [-0.3, -0.25) is 14.5 Å². The molecule has 0 saturated carbocycles. The summed E-state index contributed by atoms with van der Waals surface area (Å²) in [7, 11) is 0. The molecule has 0 unspecified atom stereocenters. The number of para-hydroxylation sites is 1.